The lowest BCUT2D eigenvalue weighted by molar-refractivity contribution is -0.135. The van der Waals surface area contributed by atoms with Gasteiger partial charge in [-0.15, -0.1) is 0 Å². The Balaban J connectivity index is 2.20. The first-order valence-electron chi connectivity index (χ1n) is 5.42. The van der Waals surface area contributed by atoms with Gasteiger partial charge in [0.2, 0.25) is 0 Å². The van der Waals surface area contributed by atoms with Crippen molar-refractivity contribution in [2.45, 2.75) is 45.5 Å². The van der Waals surface area contributed by atoms with Gasteiger partial charge in [-0.1, -0.05) is 18.7 Å². The summed E-state index contributed by atoms with van der Waals surface area (Å²) >= 11 is 1.15. The number of ether oxygens (including phenoxy) is 2. The summed E-state index contributed by atoms with van der Waals surface area (Å²) in [7, 11) is 0. The molecule has 0 bridgehead atoms. The summed E-state index contributed by atoms with van der Waals surface area (Å²) in [6, 6.07) is 0. The number of Topliss-reactive ketones (excluding diaryl/α,β-unsaturated/α-hetero) is 1. The summed E-state index contributed by atoms with van der Waals surface area (Å²) in [4.78, 5) is 22.4. The fourth-order valence-corrected chi connectivity index (χ4v) is 2.17. The van der Waals surface area contributed by atoms with E-state index in [1.165, 1.54) is 0 Å². The van der Waals surface area contributed by atoms with Crippen LogP contribution >= 0.6 is 11.8 Å². The lowest BCUT2D eigenvalue weighted by Gasteiger charge is -2.16. The number of thioether (sulfide) groups is 1. The Hall–Kier alpha value is -0.390. The zero-order valence-electron chi connectivity index (χ0n) is 9.95. The summed E-state index contributed by atoms with van der Waals surface area (Å²) in [5.41, 5.74) is 0. The summed E-state index contributed by atoms with van der Waals surface area (Å²) < 4.78 is 10.9. The molecule has 1 fully saturated rings. The third-order valence-electron chi connectivity index (χ3n) is 2.23. The first-order chi connectivity index (χ1) is 7.43. The lowest BCUT2D eigenvalue weighted by Crippen LogP contribution is -2.22. The quantitative estimate of drug-likeness (QED) is 0.692. The van der Waals surface area contributed by atoms with E-state index in [0.717, 1.165) is 11.8 Å². The molecule has 0 amide bonds. The maximum Gasteiger partial charge on any atom is 0.196 e. The zero-order chi connectivity index (χ0) is 12.2. The van der Waals surface area contributed by atoms with Gasteiger partial charge in [-0.25, -0.2) is 0 Å². The van der Waals surface area contributed by atoms with Crippen LogP contribution in [0.3, 0.4) is 0 Å². The van der Waals surface area contributed by atoms with Crippen molar-refractivity contribution in [2.24, 2.45) is 0 Å². The van der Waals surface area contributed by atoms with Crippen molar-refractivity contribution in [2.75, 3.05) is 12.4 Å². The molecule has 1 unspecified atom stereocenters. The normalized spacial score (nSPS) is 23.3. The van der Waals surface area contributed by atoms with E-state index >= 15 is 0 Å². The van der Waals surface area contributed by atoms with E-state index in [-0.39, 0.29) is 23.4 Å². The zero-order valence-corrected chi connectivity index (χ0v) is 10.8. The van der Waals surface area contributed by atoms with Gasteiger partial charge in [0.05, 0.1) is 19.1 Å². The number of rotatable bonds is 5. The summed E-state index contributed by atoms with van der Waals surface area (Å²) in [5, 5.41) is -0.0832. The van der Waals surface area contributed by atoms with Gasteiger partial charge in [-0.05, 0) is 13.8 Å². The number of carbonyl (C=O) groups excluding carboxylic acids is 2. The summed E-state index contributed by atoms with van der Waals surface area (Å²) in [6.07, 6.45) is 0.390. The molecule has 1 heterocycles. The number of carbonyl (C=O) groups is 2. The predicted molar refractivity (Wildman–Crippen MR) is 62.3 cm³/mol. The van der Waals surface area contributed by atoms with E-state index < -0.39 is 5.79 Å². The predicted octanol–water partition coefficient (Wildman–Crippen LogP) is 1.77. The standard InChI is InChI=1S/C11H18O4S/c1-4-8(12)5-10(13)16-7-9-6-14-11(2,3)15-9/h9H,4-7H2,1-3H3. The molecular weight excluding hydrogens is 228 g/mol. The molecule has 0 radical (unpaired) electrons. The van der Waals surface area contributed by atoms with Crippen LogP contribution in [0.4, 0.5) is 0 Å². The molecule has 0 spiro atoms. The third-order valence-corrected chi connectivity index (χ3v) is 3.24. The SMILES string of the molecule is CCC(=O)CC(=O)SCC1COC(C)(C)O1. The van der Waals surface area contributed by atoms with Crippen molar-refractivity contribution in [3.05, 3.63) is 0 Å². The second kappa shape index (κ2) is 5.80. The molecule has 5 heteroatoms. The van der Waals surface area contributed by atoms with Crippen LogP contribution in [-0.2, 0) is 19.1 Å². The highest BCUT2D eigenvalue weighted by Crippen LogP contribution is 2.24. The Kier molecular flexibility index (Phi) is 4.95. The van der Waals surface area contributed by atoms with Gasteiger partial charge < -0.3 is 9.47 Å². The minimum Gasteiger partial charge on any atom is -0.348 e. The Bertz CT molecular complexity index is 275. The molecule has 0 saturated carbocycles. The highest BCUT2D eigenvalue weighted by molar-refractivity contribution is 8.13. The van der Waals surface area contributed by atoms with Crippen LogP contribution in [0.2, 0.25) is 0 Å². The molecule has 1 saturated heterocycles. The van der Waals surface area contributed by atoms with Gasteiger partial charge in [0.15, 0.2) is 10.9 Å². The Morgan fingerprint density at radius 1 is 1.44 bits per heavy atom. The van der Waals surface area contributed by atoms with Gasteiger partial charge >= 0.3 is 0 Å². The Morgan fingerprint density at radius 3 is 2.62 bits per heavy atom. The van der Waals surface area contributed by atoms with Crippen LogP contribution in [0.5, 0.6) is 0 Å². The second-order valence-electron chi connectivity index (χ2n) is 4.20. The minimum atomic E-state index is -0.548. The maximum atomic E-state index is 11.4. The molecule has 1 aliphatic heterocycles. The van der Waals surface area contributed by atoms with Crippen LogP contribution in [-0.4, -0.2) is 35.1 Å². The number of hydrogen-bond donors (Lipinski definition) is 0. The van der Waals surface area contributed by atoms with Gasteiger partial charge in [0, 0.05) is 12.2 Å². The second-order valence-corrected chi connectivity index (χ2v) is 5.28. The van der Waals surface area contributed by atoms with Crippen molar-refractivity contribution >= 4 is 22.7 Å². The lowest BCUT2D eigenvalue weighted by atomic mass is 10.2. The van der Waals surface area contributed by atoms with Crippen molar-refractivity contribution in [1.29, 1.82) is 0 Å². The third kappa shape index (κ3) is 4.63. The van der Waals surface area contributed by atoms with Crippen molar-refractivity contribution in [1.82, 2.24) is 0 Å². The average molecular weight is 246 g/mol. The van der Waals surface area contributed by atoms with Crippen LogP contribution in [0.25, 0.3) is 0 Å². The molecule has 92 valence electrons. The monoisotopic (exact) mass is 246 g/mol. The van der Waals surface area contributed by atoms with E-state index in [4.69, 9.17) is 9.47 Å². The van der Waals surface area contributed by atoms with E-state index in [2.05, 4.69) is 0 Å². The first kappa shape index (κ1) is 13.7. The largest absolute Gasteiger partial charge is 0.348 e. The van der Waals surface area contributed by atoms with Crippen LogP contribution in [0.15, 0.2) is 0 Å². The van der Waals surface area contributed by atoms with Crippen LogP contribution in [0.1, 0.15) is 33.6 Å². The minimum absolute atomic E-state index is 0.0126. The fourth-order valence-electron chi connectivity index (χ4n) is 1.37. The average Bonchev–Trinajstić information content (AvgIpc) is 2.55. The van der Waals surface area contributed by atoms with Gasteiger partial charge in [0.25, 0.3) is 0 Å². The fraction of sp³-hybridized carbons (Fsp3) is 0.818. The number of hydrogen-bond acceptors (Lipinski definition) is 5. The van der Waals surface area contributed by atoms with Gasteiger partial charge in [-0.3, -0.25) is 9.59 Å². The summed E-state index contributed by atoms with van der Waals surface area (Å²) in [5.74, 6) is -0.00586. The van der Waals surface area contributed by atoms with Crippen LogP contribution in [0, 0.1) is 0 Å². The van der Waals surface area contributed by atoms with E-state index in [1.54, 1.807) is 6.92 Å². The molecule has 1 atom stereocenters. The molecule has 16 heavy (non-hydrogen) atoms. The Labute approximate surface area is 100 Å². The molecule has 1 rings (SSSR count). The van der Waals surface area contributed by atoms with Crippen LogP contribution < -0.4 is 0 Å². The molecule has 0 aromatic heterocycles. The highest BCUT2D eigenvalue weighted by Gasteiger charge is 2.32. The Morgan fingerprint density at radius 2 is 2.12 bits per heavy atom. The molecule has 0 aromatic rings. The van der Waals surface area contributed by atoms with E-state index in [0.29, 0.717) is 18.8 Å². The molecule has 4 nitrogen and oxygen atoms in total. The van der Waals surface area contributed by atoms with Crippen molar-refractivity contribution in [3.8, 4) is 0 Å². The highest BCUT2D eigenvalue weighted by atomic mass is 32.2. The van der Waals surface area contributed by atoms with E-state index in [1.807, 2.05) is 13.8 Å². The van der Waals surface area contributed by atoms with Gasteiger partial charge in [-0.2, -0.15) is 0 Å². The molecule has 0 N–H and O–H groups in total. The number of ketones is 1. The first-order valence-corrected chi connectivity index (χ1v) is 6.40. The van der Waals surface area contributed by atoms with Gasteiger partial charge in [0.1, 0.15) is 5.78 Å². The smallest absolute Gasteiger partial charge is 0.196 e. The van der Waals surface area contributed by atoms with Crippen molar-refractivity contribution < 1.29 is 19.1 Å². The van der Waals surface area contributed by atoms with E-state index in [9.17, 15) is 9.59 Å². The topological polar surface area (TPSA) is 52.6 Å². The van der Waals surface area contributed by atoms with Crippen molar-refractivity contribution in [3.63, 3.8) is 0 Å². The summed E-state index contributed by atoms with van der Waals surface area (Å²) in [6.45, 7) is 5.96. The molecule has 1 aliphatic rings. The molecule has 0 aliphatic carbocycles. The molecule has 0 aromatic carbocycles. The molecular formula is C11H18O4S. The maximum absolute atomic E-state index is 11.4.